The van der Waals surface area contributed by atoms with Crippen LogP contribution in [0.5, 0.6) is 5.75 Å². The molecular formula is C53H71N11O10. The van der Waals surface area contributed by atoms with E-state index in [1.54, 1.807) is 58.3 Å². The molecule has 2 aromatic heterocycles. The van der Waals surface area contributed by atoms with E-state index < -0.39 is 96.0 Å². The summed E-state index contributed by atoms with van der Waals surface area (Å²) < 4.78 is 0. The average Bonchev–Trinajstić information content (AvgIpc) is 3.96. The van der Waals surface area contributed by atoms with E-state index in [1.165, 1.54) is 12.1 Å². The van der Waals surface area contributed by atoms with Gasteiger partial charge in [0.2, 0.25) is 41.4 Å². The zero-order valence-electron chi connectivity index (χ0n) is 42.2. The zero-order valence-corrected chi connectivity index (χ0v) is 42.2. The van der Waals surface area contributed by atoms with E-state index in [9.17, 15) is 48.6 Å². The largest absolute Gasteiger partial charge is 0.508 e. The van der Waals surface area contributed by atoms with Gasteiger partial charge in [0.15, 0.2) is 0 Å². The van der Waals surface area contributed by atoms with Crippen molar-refractivity contribution in [3.8, 4) is 5.75 Å². The van der Waals surface area contributed by atoms with Crippen molar-refractivity contribution in [1.82, 2.24) is 41.9 Å². The Balaban J connectivity index is 1.49. The van der Waals surface area contributed by atoms with Gasteiger partial charge in [-0.1, -0.05) is 82.6 Å². The van der Waals surface area contributed by atoms with Crippen molar-refractivity contribution < 1.29 is 48.6 Å². The molecule has 0 saturated heterocycles. The Hall–Kier alpha value is -7.78. The number of amides is 7. The number of fused-ring (bicyclic) bond motifs is 2. The number of carbonyl (C=O) groups is 8. The van der Waals surface area contributed by atoms with Crippen LogP contribution in [0.3, 0.4) is 0 Å². The quantitative estimate of drug-likeness (QED) is 0.0305. The monoisotopic (exact) mass is 1020 g/mol. The maximum absolute atomic E-state index is 15.0. The van der Waals surface area contributed by atoms with Gasteiger partial charge in [0.05, 0.1) is 12.5 Å². The summed E-state index contributed by atoms with van der Waals surface area (Å²) in [4.78, 5) is 116. The van der Waals surface area contributed by atoms with Crippen LogP contribution in [0.4, 0.5) is 0 Å². The van der Waals surface area contributed by atoms with E-state index >= 15 is 0 Å². The van der Waals surface area contributed by atoms with E-state index in [1.807, 2.05) is 42.5 Å². The fraction of sp³-hybridized carbons (Fsp3) is 0.434. The Labute approximate surface area is 429 Å². The number of rotatable bonds is 29. The number of primary amides is 1. The van der Waals surface area contributed by atoms with Crippen molar-refractivity contribution >= 4 is 69.1 Å². The van der Waals surface area contributed by atoms with Gasteiger partial charge in [-0.3, -0.25) is 33.6 Å². The SMILES string of the molecule is CC(C)C[C@H](NC(=O)[C@H](CC(C)C)NC(=O)[C@H](CC(N)=O)NC(=O)[C@H](Cc1c[nH]c2ccccc12)NC(=O)[C@H](Cc1c[nH]c2ccccc12)NC(=O)[C@H](Cc1ccc(O)cc1)NC(=O)[C@@H](N)CCCCN)C(=O)O. The second-order valence-electron chi connectivity index (χ2n) is 19.5. The van der Waals surface area contributed by atoms with Gasteiger partial charge >= 0.3 is 5.97 Å². The molecule has 398 valence electrons. The number of unbranched alkanes of at least 4 members (excludes halogenated alkanes) is 1. The molecule has 5 aromatic rings. The molecule has 0 saturated carbocycles. The normalized spacial score (nSPS) is 14.3. The van der Waals surface area contributed by atoms with Crippen molar-refractivity contribution in [3.05, 3.63) is 102 Å². The molecule has 74 heavy (non-hydrogen) atoms. The Morgan fingerprint density at radius 2 is 0.959 bits per heavy atom. The number of aliphatic carboxylic acids is 1. The molecule has 0 unspecified atom stereocenters. The van der Waals surface area contributed by atoms with Crippen molar-refractivity contribution in [2.24, 2.45) is 29.0 Å². The highest BCUT2D eigenvalue weighted by Crippen LogP contribution is 2.22. The number of para-hydroxylation sites is 2. The molecule has 16 N–H and O–H groups in total. The Bertz CT molecular complexity index is 2740. The predicted octanol–water partition coefficient (Wildman–Crippen LogP) is 1.80. The van der Waals surface area contributed by atoms with Crippen LogP contribution < -0.4 is 49.1 Å². The van der Waals surface area contributed by atoms with E-state index in [0.717, 1.165) is 16.4 Å². The summed E-state index contributed by atoms with van der Waals surface area (Å²) in [6, 6.07) is 11.2. The number of phenolic OH excluding ortho intramolecular Hbond substituents is 1. The summed E-state index contributed by atoms with van der Waals surface area (Å²) in [5.41, 5.74) is 20.7. The number of hydrogen-bond donors (Lipinski definition) is 13. The lowest BCUT2D eigenvalue weighted by molar-refractivity contribution is -0.143. The number of H-pyrrole nitrogens is 2. The highest BCUT2D eigenvalue weighted by atomic mass is 16.4. The van der Waals surface area contributed by atoms with Gasteiger partial charge in [0, 0.05) is 53.5 Å². The number of carbonyl (C=O) groups excluding carboxylic acids is 7. The van der Waals surface area contributed by atoms with Crippen molar-refractivity contribution in [2.45, 2.75) is 128 Å². The Morgan fingerprint density at radius 3 is 1.45 bits per heavy atom. The molecule has 0 aliphatic carbocycles. The summed E-state index contributed by atoms with van der Waals surface area (Å²) in [5, 5.41) is 37.3. The minimum absolute atomic E-state index is 0.0186. The lowest BCUT2D eigenvalue weighted by atomic mass is 9.99. The number of hydrogen-bond acceptors (Lipinski definition) is 11. The van der Waals surface area contributed by atoms with Gasteiger partial charge in [0.25, 0.3) is 0 Å². The van der Waals surface area contributed by atoms with Crippen LogP contribution in [0.2, 0.25) is 0 Å². The van der Waals surface area contributed by atoms with Gasteiger partial charge in [-0.25, -0.2) is 4.79 Å². The molecule has 7 amide bonds. The average molecular weight is 1020 g/mol. The van der Waals surface area contributed by atoms with E-state index in [2.05, 4.69) is 41.9 Å². The highest BCUT2D eigenvalue weighted by Gasteiger charge is 2.35. The number of nitrogens with one attached hydrogen (secondary N) is 8. The number of nitrogens with two attached hydrogens (primary N) is 3. The molecular weight excluding hydrogens is 951 g/mol. The molecule has 5 rings (SSSR count). The third-order valence-corrected chi connectivity index (χ3v) is 12.5. The zero-order chi connectivity index (χ0) is 54.1. The van der Waals surface area contributed by atoms with E-state index in [-0.39, 0.29) is 49.7 Å². The number of benzene rings is 3. The van der Waals surface area contributed by atoms with Crippen LogP contribution >= 0.6 is 0 Å². The Morgan fingerprint density at radius 1 is 0.541 bits per heavy atom. The molecule has 0 aliphatic heterocycles. The van der Waals surface area contributed by atoms with Gasteiger partial charge in [-0.05, 0) is 85.0 Å². The number of carboxylic acids is 1. The van der Waals surface area contributed by atoms with Gasteiger partial charge in [-0.15, -0.1) is 0 Å². The third-order valence-electron chi connectivity index (χ3n) is 12.5. The second kappa shape index (κ2) is 27.3. The number of aromatic nitrogens is 2. The number of aromatic hydroxyl groups is 1. The van der Waals surface area contributed by atoms with Gasteiger partial charge < -0.3 is 69.3 Å². The Kier molecular flexibility index (Phi) is 21.1. The summed E-state index contributed by atoms with van der Waals surface area (Å²) in [7, 11) is 0. The summed E-state index contributed by atoms with van der Waals surface area (Å²) >= 11 is 0. The van der Waals surface area contributed by atoms with Crippen LogP contribution in [0.15, 0.2) is 85.2 Å². The predicted molar refractivity (Wildman–Crippen MR) is 279 cm³/mol. The van der Waals surface area contributed by atoms with Crippen LogP contribution in [-0.4, -0.2) is 116 Å². The van der Waals surface area contributed by atoms with Gasteiger partial charge in [0.1, 0.15) is 42.0 Å². The molecule has 21 nitrogen and oxygen atoms in total. The van der Waals surface area contributed by atoms with E-state index in [4.69, 9.17) is 17.2 Å². The molecule has 0 bridgehead atoms. The van der Waals surface area contributed by atoms with E-state index in [0.29, 0.717) is 47.9 Å². The molecule has 0 aliphatic rings. The van der Waals surface area contributed by atoms with Crippen LogP contribution in [-0.2, 0) is 57.6 Å². The van der Waals surface area contributed by atoms with Crippen LogP contribution in [0, 0.1) is 11.8 Å². The lowest BCUT2D eigenvalue weighted by Gasteiger charge is -2.28. The van der Waals surface area contributed by atoms with Gasteiger partial charge in [-0.2, -0.15) is 0 Å². The molecule has 3 aromatic carbocycles. The second-order valence-corrected chi connectivity index (χ2v) is 19.5. The lowest BCUT2D eigenvalue weighted by Crippen LogP contribution is -2.61. The molecule has 0 fully saturated rings. The summed E-state index contributed by atoms with van der Waals surface area (Å²) in [5.74, 6) is -7.45. The maximum Gasteiger partial charge on any atom is 0.326 e. The minimum Gasteiger partial charge on any atom is -0.508 e. The third kappa shape index (κ3) is 16.9. The molecule has 2 heterocycles. The highest BCUT2D eigenvalue weighted by molar-refractivity contribution is 5.99. The molecule has 21 heteroatoms. The first-order chi connectivity index (χ1) is 35.2. The summed E-state index contributed by atoms with van der Waals surface area (Å²) in [6.45, 7) is 7.58. The molecule has 7 atom stereocenters. The maximum atomic E-state index is 15.0. The van der Waals surface area contributed by atoms with Crippen molar-refractivity contribution in [2.75, 3.05) is 6.54 Å². The van der Waals surface area contributed by atoms with Crippen molar-refractivity contribution in [1.29, 1.82) is 0 Å². The van der Waals surface area contributed by atoms with Crippen molar-refractivity contribution in [3.63, 3.8) is 0 Å². The number of aromatic amines is 2. The topological polar surface area (TPSA) is 359 Å². The fourth-order valence-electron chi connectivity index (χ4n) is 8.62. The first kappa shape index (κ1) is 57.1. The number of carboxylic acid groups (broad SMARTS) is 1. The molecule has 0 radical (unpaired) electrons. The summed E-state index contributed by atoms with van der Waals surface area (Å²) in [6.07, 6.45) is 3.93. The fourth-order valence-corrected chi connectivity index (χ4v) is 8.62. The minimum atomic E-state index is -1.68. The molecule has 0 spiro atoms. The first-order valence-corrected chi connectivity index (χ1v) is 24.9. The standard InChI is InChI=1S/C53H71N11O10/c1-29(2)21-40(48(68)64-45(53(73)74)22-30(3)4)60-52(72)44(26-46(56)66)63-51(71)43(25-33-28-58-39-15-8-6-12-36(33)39)62-50(70)42(24-32-27-57-38-14-7-5-11-35(32)38)61-49(69)41(23-31-16-18-34(65)19-17-31)59-47(67)37(55)13-9-10-20-54/h5-8,11-12,14-19,27-30,37,40-45,57-58,65H,9-10,13,20-26,54-55H2,1-4H3,(H2,56,66)(H,59,67)(H,60,72)(H,61,69)(H,62,70)(H,63,71)(H,64,68)(H,73,74)/t37-,40-,41-,42-,43-,44-,45-/m0/s1. The smallest absolute Gasteiger partial charge is 0.326 e. The first-order valence-electron chi connectivity index (χ1n) is 24.9. The van der Waals surface area contributed by atoms with Crippen LogP contribution in [0.25, 0.3) is 21.8 Å². The number of phenols is 1. The van der Waals surface area contributed by atoms with Crippen LogP contribution in [0.1, 0.15) is 82.9 Å².